The lowest BCUT2D eigenvalue weighted by molar-refractivity contribution is -0.386. The van der Waals surface area contributed by atoms with Gasteiger partial charge in [-0.3, -0.25) is 19.9 Å². The van der Waals surface area contributed by atoms with Gasteiger partial charge in [0.25, 0.3) is 5.43 Å². The van der Waals surface area contributed by atoms with Crippen LogP contribution in [0.15, 0.2) is 40.0 Å². The number of hydrogen-bond acceptors (Lipinski definition) is 4. The van der Waals surface area contributed by atoms with Crippen molar-refractivity contribution in [2.45, 2.75) is 6.54 Å². The third-order valence-corrected chi connectivity index (χ3v) is 3.14. The van der Waals surface area contributed by atoms with Crippen LogP contribution in [0.3, 0.4) is 0 Å². The van der Waals surface area contributed by atoms with Crippen LogP contribution in [-0.4, -0.2) is 14.5 Å². The van der Waals surface area contributed by atoms with E-state index in [9.17, 15) is 14.9 Å². The van der Waals surface area contributed by atoms with Crippen LogP contribution in [0.4, 0.5) is 5.69 Å². The summed E-state index contributed by atoms with van der Waals surface area (Å²) in [7, 11) is 0. The van der Waals surface area contributed by atoms with Crippen molar-refractivity contribution in [2.24, 2.45) is 0 Å². The van der Waals surface area contributed by atoms with Crippen LogP contribution in [0, 0.1) is 10.1 Å². The van der Waals surface area contributed by atoms with Crippen LogP contribution in [0.5, 0.6) is 0 Å². The first kappa shape index (κ1) is 13.7. The van der Waals surface area contributed by atoms with E-state index in [4.69, 9.17) is 11.6 Å². The van der Waals surface area contributed by atoms with E-state index in [1.165, 1.54) is 17.0 Å². The monoisotopic (exact) mass is 343 g/mol. The van der Waals surface area contributed by atoms with E-state index < -0.39 is 16.0 Å². The first-order valence-electron chi connectivity index (χ1n) is 5.12. The fourth-order valence-corrected chi connectivity index (χ4v) is 2.17. The van der Waals surface area contributed by atoms with Crippen molar-refractivity contribution in [2.75, 3.05) is 0 Å². The van der Waals surface area contributed by atoms with Gasteiger partial charge in [0.05, 0.1) is 27.8 Å². The van der Waals surface area contributed by atoms with E-state index in [0.29, 0.717) is 10.7 Å². The molecule has 0 aliphatic carbocycles. The Morgan fingerprint density at radius 3 is 2.84 bits per heavy atom. The molecule has 2 aromatic heterocycles. The van der Waals surface area contributed by atoms with Gasteiger partial charge in [-0.05, 0) is 28.1 Å². The van der Waals surface area contributed by atoms with Crippen molar-refractivity contribution in [3.8, 4) is 0 Å². The second-order valence-electron chi connectivity index (χ2n) is 3.72. The second kappa shape index (κ2) is 5.50. The maximum atomic E-state index is 11.5. The van der Waals surface area contributed by atoms with Crippen LogP contribution >= 0.6 is 27.5 Å². The number of rotatable bonds is 3. The molecule has 0 aliphatic heterocycles. The van der Waals surface area contributed by atoms with Gasteiger partial charge in [0, 0.05) is 17.4 Å². The predicted octanol–water partition coefficient (Wildman–Crippen LogP) is 2.62. The quantitative estimate of drug-likeness (QED) is 0.633. The summed E-state index contributed by atoms with van der Waals surface area (Å²) in [6.45, 7) is 0.278. The van der Waals surface area contributed by atoms with E-state index in [0.717, 1.165) is 0 Å². The van der Waals surface area contributed by atoms with Crippen LogP contribution < -0.4 is 5.43 Å². The molecule has 0 spiro atoms. The molecule has 98 valence electrons. The maximum absolute atomic E-state index is 11.5. The Morgan fingerprint density at radius 2 is 2.21 bits per heavy atom. The molecule has 0 aromatic carbocycles. The van der Waals surface area contributed by atoms with Crippen molar-refractivity contribution in [3.05, 3.63) is 66.3 Å². The van der Waals surface area contributed by atoms with Crippen molar-refractivity contribution in [1.29, 1.82) is 0 Å². The number of halogens is 2. The summed E-state index contributed by atoms with van der Waals surface area (Å²) >= 11 is 8.84. The van der Waals surface area contributed by atoms with Crippen molar-refractivity contribution in [3.63, 3.8) is 0 Å². The van der Waals surface area contributed by atoms with Crippen molar-refractivity contribution < 1.29 is 4.92 Å². The molecule has 0 fully saturated rings. The SMILES string of the molecule is O=c1c(Br)cn(Cc2cc(Cl)ccn2)cc1[N+](=O)[O-]. The molecule has 0 radical (unpaired) electrons. The maximum Gasteiger partial charge on any atom is 0.333 e. The molecule has 0 N–H and O–H groups in total. The summed E-state index contributed by atoms with van der Waals surface area (Å²) in [4.78, 5) is 25.7. The molecule has 0 unspecified atom stereocenters. The molecule has 0 amide bonds. The number of hydrogen-bond donors (Lipinski definition) is 0. The highest BCUT2D eigenvalue weighted by Crippen LogP contribution is 2.13. The van der Waals surface area contributed by atoms with E-state index >= 15 is 0 Å². The Labute approximate surface area is 120 Å². The Bertz CT molecular complexity index is 702. The van der Waals surface area contributed by atoms with Gasteiger partial charge in [-0.15, -0.1) is 0 Å². The first-order chi connectivity index (χ1) is 8.97. The highest BCUT2D eigenvalue weighted by Gasteiger charge is 2.15. The standard InChI is InChI=1S/C11H7BrClN3O3/c12-9-5-15(6-10(11(9)17)16(18)19)4-8-3-7(13)1-2-14-8/h1-3,5-6H,4H2. The molecule has 6 nitrogen and oxygen atoms in total. The van der Waals surface area contributed by atoms with Gasteiger partial charge in [-0.1, -0.05) is 11.6 Å². The van der Waals surface area contributed by atoms with Crippen molar-refractivity contribution >= 4 is 33.2 Å². The van der Waals surface area contributed by atoms with Gasteiger partial charge >= 0.3 is 5.69 Å². The Kier molecular flexibility index (Phi) is 3.96. The third kappa shape index (κ3) is 3.18. The smallest absolute Gasteiger partial charge is 0.333 e. The normalized spacial score (nSPS) is 10.4. The lowest BCUT2D eigenvalue weighted by Crippen LogP contribution is -2.13. The van der Waals surface area contributed by atoms with E-state index in [2.05, 4.69) is 20.9 Å². The van der Waals surface area contributed by atoms with Crippen molar-refractivity contribution in [1.82, 2.24) is 9.55 Å². The zero-order valence-corrected chi connectivity index (χ0v) is 11.8. The topological polar surface area (TPSA) is 78.0 Å². The highest BCUT2D eigenvalue weighted by atomic mass is 79.9. The lowest BCUT2D eigenvalue weighted by atomic mass is 10.3. The minimum Gasteiger partial charge on any atom is -0.341 e. The van der Waals surface area contributed by atoms with E-state index in [1.54, 1.807) is 18.3 Å². The zero-order chi connectivity index (χ0) is 14.0. The fraction of sp³-hybridized carbons (Fsp3) is 0.0909. The molecule has 0 aliphatic rings. The molecule has 8 heteroatoms. The van der Waals surface area contributed by atoms with E-state index in [-0.39, 0.29) is 11.0 Å². The molecular weight excluding hydrogens is 337 g/mol. The average Bonchev–Trinajstić information content (AvgIpc) is 2.33. The minimum absolute atomic E-state index is 0.128. The van der Waals surface area contributed by atoms with Gasteiger partial charge in [0.1, 0.15) is 0 Å². The molecule has 0 bridgehead atoms. The Hall–Kier alpha value is -1.73. The van der Waals surface area contributed by atoms with Gasteiger partial charge in [0.15, 0.2) is 0 Å². The minimum atomic E-state index is -0.713. The van der Waals surface area contributed by atoms with Crippen LogP contribution in [0.25, 0.3) is 0 Å². The summed E-state index contributed by atoms with van der Waals surface area (Å²) in [5.41, 5.74) is -0.506. The molecule has 2 rings (SSSR count). The summed E-state index contributed by atoms with van der Waals surface area (Å²) in [5, 5.41) is 11.3. The van der Waals surface area contributed by atoms with E-state index in [1.807, 2.05) is 0 Å². The highest BCUT2D eigenvalue weighted by molar-refractivity contribution is 9.10. The lowest BCUT2D eigenvalue weighted by Gasteiger charge is -2.06. The Balaban J connectivity index is 2.41. The molecule has 2 aromatic rings. The number of nitro groups is 1. The number of pyridine rings is 2. The van der Waals surface area contributed by atoms with Gasteiger partial charge in [-0.2, -0.15) is 0 Å². The number of nitrogens with zero attached hydrogens (tertiary/aromatic N) is 3. The van der Waals surface area contributed by atoms with Gasteiger partial charge in [0.2, 0.25) is 0 Å². The molecular formula is C11H7BrClN3O3. The predicted molar refractivity (Wildman–Crippen MR) is 73.4 cm³/mol. The summed E-state index contributed by atoms with van der Waals surface area (Å²) in [6, 6.07) is 3.29. The third-order valence-electron chi connectivity index (χ3n) is 2.34. The average molecular weight is 345 g/mol. The van der Waals surface area contributed by atoms with Gasteiger partial charge < -0.3 is 4.57 Å². The molecule has 0 saturated carbocycles. The van der Waals surface area contributed by atoms with Crippen LogP contribution in [0.2, 0.25) is 5.02 Å². The summed E-state index contributed by atoms with van der Waals surface area (Å²) in [5.74, 6) is 0. The Morgan fingerprint density at radius 1 is 1.47 bits per heavy atom. The van der Waals surface area contributed by atoms with Crippen LogP contribution in [-0.2, 0) is 6.54 Å². The zero-order valence-electron chi connectivity index (χ0n) is 9.42. The molecule has 0 atom stereocenters. The fourth-order valence-electron chi connectivity index (χ4n) is 1.52. The summed E-state index contributed by atoms with van der Waals surface area (Å²) in [6.07, 6.45) is 4.19. The van der Waals surface area contributed by atoms with Crippen LogP contribution in [0.1, 0.15) is 5.69 Å². The second-order valence-corrected chi connectivity index (χ2v) is 5.01. The largest absolute Gasteiger partial charge is 0.341 e. The number of aromatic nitrogens is 2. The first-order valence-corrected chi connectivity index (χ1v) is 6.29. The summed E-state index contributed by atoms with van der Waals surface area (Å²) < 4.78 is 1.63. The molecule has 2 heterocycles. The molecule has 19 heavy (non-hydrogen) atoms. The molecule has 0 saturated heterocycles. The van der Waals surface area contributed by atoms with Gasteiger partial charge in [-0.25, -0.2) is 0 Å².